The zero-order valence-corrected chi connectivity index (χ0v) is 5.83. The van der Waals surface area contributed by atoms with E-state index in [0.29, 0.717) is 12.2 Å². The highest BCUT2D eigenvalue weighted by Gasteiger charge is 2.00. The Labute approximate surface area is 54.3 Å². The summed E-state index contributed by atoms with van der Waals surface area (Å²) in [5, 5.41) is 0. The number of rotatable bonds is 3. The van der Waals surface area contributed by atoms with Crippen LogP contribution in [0.25, 0.3) is 0 Å². The molecular weight excluding hydrogens is 148 g/mol. The fraction of sp³-hybridized carbons (Fsp3) is 1.00. The second kappa shape index (κ2) is 3.32. The Hall–Kier alpha value is 0.260. The Balaban J connectivity index is 3.42. The zero-order chi connectivity index (χ0) is 6.62. The predicted octanol–water partition coefficient (Wildman–Crippen LogP) is 0.462. The van der Waals surface area contributed by atoms with Crippen LogP contribution in [0.1, 0.15) is 6.42 Å². The molecule has 0 saturated carbocycles. The molecule has 3 nitrogen and oxygen atoms in total. The molecule has 8 heavy (non-hydrogen) atoms. The maximum atomic E-state index is 9.90. The van der Waals surface area contributed by atoms with Crippen LogP contribution in [0.2, 0.25) is 0 Å². The monoisotopic (exact) mass is 155 g/mol. The highest BCUT2D eigenvalue weighted by molar-refractivity contribution is 7.85. The van der Waals surface area contributed by atoms with Crippen LogP contribution in [0.4, 0.5) is 0 Å². The molecule has 0 aromatic heterocycles. The standard InChI is InChI=1S/C3H7O3S2/c4-8(5,6)3-1-2-7/h1-3H2,(H,4,5,6). The zero-order valence-electron chi connectivity index (χ0n) is 4.20. The SMILES string of the molecule is O=S(=O)(O)CCC[S]. The van der Waals surface area contributed by atoms with E-state index in [1.54, 1.807) is 0 Å². The lowest BCUT2D eigenvalue weighted by atomic mass is 10.6. The molecule has 0 amide bonds. The third kappa shape index (κ3) is 6.26. The average molecular weight is 155 g/mol. The van der Waals surface area contributed by atoms with E-state index >= 15 is 0 Å². The fourth-order valence-electron chi connectivity index (χ4n) is 0.241. The van der Waals surface area contributed by atoms with Crippen molar-refractivity contribution in [3.63, 3.8) is 0 Å². The van der Waals surface area contributed by atoms with E-state index in [1.165, 1.54) is 0 Å². The Morgan fingerprint density at radius 2 is 2.00 bits per heavy atom. The second-order valence-electron chi connectivity index (χ2n) is 1.34. The third-order valence-electron chi connectivity index (χ3n) is 0.547. The molecule has 49 valence electrons. The van der Waals surface area contributed by atoms with Crippen LogP contribution in [-0.2, 0) is 10.1 Å². The second-order valence-corrected chi connectivity index (χ2v) is 3.32. The molecule has 0 aliphatic carbocycles. The molecule has 0 heterocycles. The minimum atomic E-state index is -3.75. The summed E-state index contributed by atoms with van der Waals surface area (Å²) in [6.07, 6.45) is 0.355. The van der Waals surface area contributed by atoms with Crippen molar-refractivity contribution >= 4 is 22.7 Å². The van der Waals surface area contributed by atoms with Crippen molar-refractivity contribution in [2.45, 2.75) is 6.42 Å². The van der Waals surface area contributed by atoms with E-state index in [1.807, 2.05) is 0 Å². The number of hydrogen-bond donors (Lipinski definition) is 1. The average Bonchev–Trinajstić information content (AvgIpc) is 1.59. The van der Waals surface area contributed by atoms with Crippen LogP contribution in [0.5, 0.6) is 0 Å². The third-order valence-corrected chi connectivity index (χ3v) is 1.64. The van der Waals surface area contributed by atoms with Gasteiger partial charge in [0.15, 0.2) is 0 Å². The van der Waals surface area contributed by atoms with Crippen molar-refractivity contribution in [2.75, 3.05) is 11.5 Å². The summed E-state index contributed by atoms with van der Waals surface area (Å²) in [5.41, 5.74) is 0. The van der Waals surface area contributed by atoms with Gasteiger partial charge in [0.1, 0.15) is 0 Å². The smallest absolute Gasteiger partial charge is 0.264 e. The lowest BCUT2D eigenvalue weighted by Gasteiger charge is -1.89. The van der Waals surface area contributed by atoms with E-state index < -0.39 is 10.1 Å². The van der Waals surface area contributed by atoms with Gasteiger partial charge in [-0.1, -0.05) is 12.6 Å². The lowest BCUT2D eigenvalue weighted by Crippen LogP contribution is -2.03. The minimum Gasteiger partial charge on any atom is -0.286 e. The predicted molar refractivity (Wildman–Crippen MR) is 33.5 cm³/mol. The van der Waals surface area contributed by atoms with Gasteiger partial charge >= 0.3 is 0 Å². The Morgan fingerprint density at radius 3 is 2.12 bits per heavy atom. The molecule has 0 aromatic rings. The molecule has 0 bridgehead atoms. The van der Waals surface area contributed by atoms with Crippen molar-refractivity contribution in [1.29, 1.82) is 0 Å². The van der Waals surface area contributed by atoms with Gasteiger partial charge in [0.05, 0.1) is 5.75 Å². The van der Waals surface area contributed by atoms with E-state index in [9.17, 15) is 8.42 Å². The van der Waals surface area contributed by atoms with E-state index in [-0.39, 0.29) is 5.75 Å². The first-order valence-electron chi connectivity index (χ1n) is 2.09. The van der Waals surface area contributed by atoms with E-state index in [2.05, 4.69) is 12.6 Å². The van der Waals surface area contributed by atoms with Crippen LogP contribution < -0.4 is 0 Å². The molecule has 0 fully saturated rings. The van der Waals surface area contributed by atoms with Gasteiger partial charge in [-0.3, -0.25) is 4.55 Å². The molecule has 0 unspecified atom stereocenters. The molecule has 0 atom stereocenters. The minimum absolute atomic E-state index is 0.212. The summed E-state index contributed by atoms with van der Waals surface area (Å²) >= 11 is 4.44. The summed E-state index contributed by atoms with van der Waals surface area (Å²) in [7, 11) is -3.75. The maximum Gasteiger partial charge on any atom is 0.264 e. The summed E-state index contributed by atoms with van der Waals surface area (Å²) in [6, 6.07) is 0. The molecule has 0 aliphatic heterocycles. The Morgan fingerprint density at radius 1 is 1.50 bits per heavy atom. The topological polar surface area (TPSA) is 54.4 Å². The van der Waals surface area contributed by atoms with Crippen molar-refractivity contribution in [3.8, 4) is 0 Å². The van der Waals surface area contributed by atoms with Gasteiger partial charge < -0.3 is 0 Å². The van der Waals surface area contributed by atoms with Crippen molar-refractivity contribution < 1.29 is 13.0 Å². The van der Waals surface area contributed by atoms with Crippen molar-refractivity contribution in [3.05, 3.63) is 0 Å². The molecular formula is C3H7O3S2. The van der Waals surface area contributed by atoms with Crippen LogP contribution in [0, 0.1) is 0 Å². The molecule has 1 N–H and O–H groups in total. The molecule has 1 radical (unpaired) electrons. The first kappa shape index (κ1) is 8.26. The van der Waals surface area contributed by atoms with Crippen LogP contribution in [0.15, 0.2) is 0 Å². The largest absolute Gasteiger partial charge is 0.286 e. The first-order valence-corrected chi connectivity index (χ1v) is 4.28. The van der Waals surface area contributed by atoms with Crippen molar-refractivity contribution in [1.82, 2.24) is 0 Å². The summed E-state index contributed by atoms with van der Waals surface area (Å²) < 4.78 is 27.9. The van der Waals surface area contributed by atoms with Gasteiger partial charge in [-0.2, -0.15) is 8.42 Å². The number of hydrogen-bond acceptors (Lipinski definition) is 2. The van der Waals surface area contributed by atoms with Crippen LogP contribution >= 0.6 is 12.6 Å². The molecule has 0 spiro atoms. The molecule has 0 rings (SSSR count). The van der Waals surface area contributed by atoms with Gasteiger partial charge in [0.25, 0.3) is 10.1 Å². The van der Waals surface area contributed by atoms with Gasteiger partial charge in [0.2, 0.25) is 0 Å². The van der Waals surface area contributed by atoms with Crippen molar-refractivity contribution in [2.24, 2.45) is 0 Å². The van der Waals surface area contributed by atoms with E-state index in [0.717, 1.165) is 0 Å². The summed E-state index contributed by atoms with van der Waals surface area (Å²) in [5.74, 6) is 0.163. The van der Waals surface area contributed by atoms with Gasteiger partial charge in [-0.15, -0.1) is 0 Å². The van der Waals surface area contributed by atoms with Gasteiger partial charge in [-0.05, 0) is 6.42 Å². The van der Waals surface area contributed by atoms with E-state index in [4.69, 9.17) is 4.55 Å². The highest BCUT2D eigenvalue weighted by atomic mass is 32.2. The van der Waals surface area contributed by atoms with Crippen LogP contribution in [0.3, 0.4) is 0 Å². The normalized spacial score (nSPS) is 11.8. The quantitative estimate of drug-likeness (QED) is 0.602. The Bertz CT molecular complexity index is 137. The summed E-state index contributed by atoms with van der Waals surface area (Å²) in [6.45, 7) is 0. The van der Waals surface area contributed by atoms with Gasteiger partial charge in [-0.25, -0.2) is 0 Å². The molecule has 0 saturated heterocycles. The van der Waals surface area contributed by atoms with Gasteiger partial charge in [0, 0.05) is 5.75 Å². The lowest BCUT2D eigenvalue weighted by molar-refractivity contribution is 0.482. The molecule has 0 aromatic carbocycles. The molecule has 5 heteroatoms. The highest BCUT2D eigenvalue weighted by Crippen LogP contribution is 1.88. The summed E-state index contributed by atoms with van der Waals surface area (Å²) in [4.78, 5) is 0. The van der Waals surface area contributed by atoms with Crippen LogP contribution in [-0.4, -0.2) is 24.5 Å². The Kier molecular flexibility index (Phi) is 3.43. The first-order chi connectivity index (χ1) is 3.56. The fourth-order valence-corrected chi connectivity index (χ4v) is 1.08. The molecule has 0 aliphatic rings. The maximum absolute atomic E-state index is 9.90.